The molecule has 0 aromatic carbocycles. The molecule has 2 aliphatic heterocycles. The zero-order valence-electron chi connectivity index (χ0n) is 19.9. The van der Waals surface area contributed by atoms with Crippen LogP contribution in [0.4, 0.5) is 4.79 Å². The van der Waals surface area contributed by atoms with Crippen LogP contribution in [0.5, 0.6) is 6.01 Å². The maximum Gasteiger partial charge on any atom is 0.410 e. The Kier molecular flexibility index (Phi) is 6.87. The fourth-order valence-electron chi connectivity index (χ4n) is 5.12. The number of carbonyl (C=O) groups excluding carboxylic acids is 1. The molecular weight excluding hydrogens is 446 g/mol. The topological polar surface area (TPSA) is 108 Å². The molecule has 1 amide bonds. The van der Waals surface area contributed by atoms with Crippen LogP contribution in [-0.2, 0) is 19.3 Å². The lowest BCUT2D eigenvalue weighted by Gasteiger charge is -2.41. The molecule has 33 heavy (non-hydrogen) atoms. The Labute approximate surface area is 196 Å². The van der Waals surface area contributed by atoms with Crippen LogP contribution in [-0.4, -0.2) is 71.6 Å². The normalized spacial score (nSPS) is 30.2. The molecule has 1 aromatic heterocycles. The van der Waals surface area contributed by atoms with Gasteiger partial charge >= 0.3 is 12.1 Å². The Hall–Kier alpha value is -1.94. The van der Waals surface area contributed by atoms with Crippen molar-refractivity contribution in [1.82, 2.24) is 14.9 Å². The number of hydrogen-bond acceptors (Lipinski definition) is 8. The van der Waals surface area contributed by atoms with Gasteiger partial charge in [0.15, 0.2) is 9.84 Å². The van der Waals surface area contributed by atoms with Crippen LogP contribution < -0.4 is 4.74 Å². The first-order chi connectivity index (χ1) is 15.5. The first-order valence-corrected chi connectivity index (χ1v) is 13.7. The predicted molar refractivity (Wildman–Crippen MR) is 121 cm³/mol. The van der Waals surface area contributed by atoms with Crippen LogP contribution >= 0.6 is 0 Å². The van der Waals surface area contributed by atoms with Gasteiger partial charge < -0.3 is 19.1 Å². The molecule has 184 valence electrons. The van der Waals surface area contributed by atoms with E-state index in [0.717, 1.165) is 57.6 Å². The van der Waals surface area contributed by atoms with Crippen LogP contribution in [0.1, 0.15) is 72.1 Å². The second-order valence-electron chi connectivity index (χ2n) is 10.5. The molecule has 4 rings (SSSR count). The second kappa shape index (κ2) is 9.37. The molecule has 0 spiro atoms. The molecule has 1 aromatic rings. The number of nitrogens with zero attached hydrogens (tertiary/aromatic N) is 3. The van der Waals surface area contributed by atoms with E-state index in [2.05, 4.69) is 9.97 Å². The number of ether oxygens (including phenoxy) is 3. The lowest BCUT2D eigenvalue weighted by atomic mass is 9.93. The number of amides is 1. The molecule has 3 heterocycles. The van der Waals surface area contributed by atoms with E-state index in [4.69, 9.17) is 14.2 Å². The third-order valence-corrected chi connectivity index (χ3v) is 7.67. The Morgan fingerprint density at radius 2 is 1.48 bits per heavy atom. The van der Waals surface area contributed by atoms with Gasteiger partial charge in [-0.3, -0.25) is 0 Å². The lowest BCUT2D eigenvalue weighted by Crippen LogP contribution is -2.50. The standard InChI is InChI=1S/C23H35N3O6S/c1-23(2,3)32-22(27)26-15-5-6-16(26)12-19(11-15)30-17-7-9-18(10-8-17)31-21-24-13-20(14-25-21)33(4,28)29/h13-19H,5-12H2,1-4H3/t15-,16-,17?,18?/m0/s1. The molecule has 2 saturated heterocycles. The highest BCUT2D eigenvalue weighted by atomic mass is 32.2. The number of carbonyl (C=O) groups is 1. The molecular formula is C23H35N3O6S. The molecule has 2 atom stereocenters. The summed E-state index contributed by atoms with van der Waals surface area (Å²) in [6.07, 6.45) is 11.1. The minimum Gasteiger partial charge on any atom is -0.460 e. The number of sulfone groups is 1. The van der Waals surface area contributed by atoms with Gasteiger partial charge in [-0.05, 0) is 72.1 Å². The average molecular weight is 482 g/mol. The van der Waals surface area contributed by atoms with Gasteiger partial charge in [-0.2, -0.15) is 0 Å². The number of hydrogen-bond donors (Lipinski definition) is 0. The van der Waals surface area contributed by atoms with Gasteiger partial charge in [-0.25, -0.2) is 23.2 Å². The molecule has 9 nitrogen and oxygen atoms in total. The highest BCUT2D eigenvalue weighted by Gasteiger charge is 2.45. The summed E-state index contributed by atoms with van der Waals surface area (Å²) in [6.45, 7) is 5.71. The van der Waals surface area contributed by atoms with E-state index < -0.39 is 15.4 Å². The van der Waals surface area contributed by atoms with Gasteiger partial charge in [0, 0.05) is 18.3 Å². The second-order valence-corrected chi connectivity index (χ2v) is 12.5. The minimum atomic E-state index is -3.32. The molecule has 10 heteroatoms. The van der Waals surface area contributed by atoms with Gasteiger partial charge in [0.25, 0.3) is 0 Å². The monoisotopic (exact) mass is 481 g/mol. The molecule has 0 radical (unpaired) electrons. The van der Waals surface area contributed by atoms with Crippen LogP contribution in [0.2, 0.25) is 0 Å². The third kappa shape index (κ3) is 6.15. The Balaban J connectivity index is 1.23. The van der Waals surface area contributed by atoms with Gasteiger partial charge in [-0.15, -0.1) is 0 Å². The highest BCUT2D eigenvalue weighted by molar-refractivity contribution is 7.90. The lowest BCUT2D eigenvalue weighted by molar-refractivity contribution is -0.0816. The van der Waals surface area contributed by atoms with Gasteiger partial charge in [-0.1, -0.05) is 0 Å². The van der Waals surface area contributed by atoms with Crippen LogP contribution in [0.25, 0.3) is 0 Å². The number of aromatic nitrogens is 2. The highest BCUT2D eigenvalue weighted by Crippen LogP contribution is 2.39. The summed E-state index contributed by atoms with van der Waals surface area (Å²) in [7, 11) is -3.32. The van der Waals surface area contributed by atoms with Crippen molar-refractivity contribution < 1.29 is 27.4 Å². The molecule has 0 N–H and O–H groups in total. The van der Waals surface area contributed by atoms with Gasteiger partial charge in [0.2, 0.25) is 0 Å². The van der Waals surface area contributed by atoms with E-state index in [-0.39, 0.29) is 47.4 Å². The van der Waals surface area contributed by atoms with E-state index in [1.54, 1.807) is 0 Å². The van der Waals surface area contributed by atoms with Gasteiger partial charge in [0.05, 0.1) is 24.6 Å². The van der Waals surface area contributed by atoms with Crippen molar-refractivity contribution in [3.8, 4) is 6.01 Å². The maximum atomic E-state index is 12.6. The average Bonchev–Trinajstić information content (AvgIpc) is 2.99. The largest absolute Gasteiger partial charge is 0.460 e. The molecule has 1 saturated carbocycles. The van der Waals surface area contributed by atoms with Crippen molar-refractivity contribution in [2.75, 3.05) is 6.26 Å². The van der Waals surface area contributed by atoms with Crippen molar-refractivity contribution in [2.24, 2.45) is 0 Å². The SMILES string of the molecule is CC(C)(C)OC(=O)N1[C@H]2CC[C@H]1CC(OC1CCC(Oc3ncc(S(C)(=O)=O)cn3)CC1)C2. The maximum absolute atomic E-state index is 12.6. The fourth-order valence-corrected chi connectivity index (χ4v) is 5.60. The molecule has 3 aliphatic rings. The molecule has 1 aliphatic carbocycles. The number of rotatable bonds is 5. The zero-order valence-corrected chi connectivity index (χ0v) is 20.7. The summed E-state index contributed by atoms with van der Waals surface area (Å²) in [4.78, 5) is 22.7. The first-order valence-electron chi connectivity index (χ1n) is 11.8. The summed E-state index contributed by atoms with van der Waals surface area (Å²) < 4.78 is 41.0. The summed E-state index contributed by atoms with van der Waals surface area (Å²) in [5.41, 5.74) is -0.481. The Bertz CT molecular complexity index is 924. The predicted octanol–water partition coefficient (Wildman–Crippen LogP) is 3.52. The van der Waals surface area contributed by atoms with Crippen molar-refractivity contribution in [3.63, 3.8) is 0 Å². The van der Waals surface area contributed by atoms with Crippen LogP contribution in [0.3, 0.4) is 0 Å². The molecule has 0 unspecified atom stereocenters. The van der Waals surface area contributed by atoms with E-state index in [1.807, 2.05) is 25.7 Å². The van der Waals surface area contributed by atoms with Crippen molar-refractivity contribution in [2.45, 2.75) is 113 Å². The Morgan fingerprint density at radius 3 is 2.00 bits per heavy atom. The quantitative estimate of drug-likeness (QED) is 0.629. The third-order valence-electron chi connectivity index (χ3n) is 6.60. The van der Waals surface area contributed by atoms with E-state index in [1.165, 1.54) is 12.4 Å². The number of fused-ring (bicyclic) bond motifs is 2. The van der Waals surface area contributed by atoms with E-state index in [0.29, 0.717) is 0 Å². The first kappa shape index (κ1) is 24.2. The summed E-state index contributed by atoms with van der Waals surface area (Å²) in [5.74, 6) is 0. The zero-order chi connectivity index (χ0) is 23.8. The fraction of sp³-hybridized carbons (Fsp3) is 0.783. The summed E-state index contributed by atoms with van der Waals surface area (Å²) in [6, 6.07) is 0.614. The van der Waals surface area contributed by atoms with Crippen molar-refractivity contribution in [3.05, 3.63) is 12.4 Å². The van der Waals surface area contributed by atoms with E-state index >= 15 is 0 Å². The van der Waals surface area contributed by atoms with Crippen LogP contribution in [0, 0.1) is 0 Å². The van der Waals surface area contributed by atoms with Gasteiger partial charge in [0.1, 0.15) is 16.6 Å². The smallest absolute Gasteiger partial charge is 0.410 e. The number of piperidine rings is 1. The van der Waals surface area contributed by atoms with Crippen molar-refractivity contribution in [1.29, 1.82) is 0 Å². The molecule has 3 fully saturated rings. The van der Waals surface area contributed by atoms with E-state index in [9.17, 15) is 13.2 Å². The van der Waals surface area contributed by atoms with Crippen LogP contribution in [0.15, 0.2) is 17.3 Å². The molecule has 2 bridgehead atoms. The summed E-state index contributed by atoms with van der Waals surface area (Å²) in [5, 5.41) is 0. The summed E-state index contributed by atoms with van der Waals surface area (Å²) >= 11 is 0. The minimum absolute atomic E-state index is 0.000806. The van der Waals surface area contributed by atoms with Crippen molar-refractivity contribution >= 4 is 15.9 Å². The Morgan fingerprint density at radius 1 is 0.939 bits per heavy atom.